The van der Waals surface area contributed by atoms with Crippen LogP contribution in [0.1, 0.15) is 72.1 Å². The zero-order valence-electron chi connectivity index (χ0n) is 14.8. The van der Waals surface area contributed by atoms with Gasteiger partial charge in [-0.1, -0.05) is 40.0 Å². The summed E-state index contributed by atoms with van der Waals surface area (Å²) in [4.78, 5) is 0. The van der Waals surface area contributed by atoms with Crippen LogP contribution in [-0.4, -0.2) is 35.9 Å². The van der Waals surface area contributed by atoms with Gasteiger partial charge in [-0.05, 0) is 50.0 Å². The van der Waals surface area contributed by atoms with E-state index in [-0.39, 0.29) is 11.5 Å². The number of rotatable bonds is 4. The van der Waals surface area contributed by atoms with Gasteiger partial charge in [0.1, 0.15) is 0 Å². The van der Waals surface area contributed by atoms with E-state index in [0.717, 1.165) is 18.9 Å². The highest BCUT2D eigenvalue weighted by Crippen LogP contribution is 2.46. The molecule has 3 nitrogen and oxygen atoms in total. The summed E-state index contributed by atoms with van der Waals surface area (Å²) >= 11 is 0. The van der Waals surface area contributed by atoms with Gasteiger partial charge in [-0.2, -0.15) is 0 Å². The van der Waals surface area contributed by atoms with E-state index in [1.54, 1.807) is 0 Å². The van der Waals surface area contributed by atoms with Crippen molar-refractivity contribution in [3.63, 3.8) is 0 Å². The molecule has 2 saturated carbocycles. The van der Waals surface area contributed by atoms with Gasteiger partial charge in [-0.15, -0.1) is 0 Å². The predicted octanol–water partition coefficient (Wildman–Crippen LogP) is 3.07. The molecule has 0 bridgehead atoms. The van der Waals surface area contributed by atoms with E-state index in [0.29, 0.717) is 24.0 Å². The Kier molecular flexibility index (Phi) is 5.16. The summed E-state index contributed by atoms with van der Waals surface area (Å²) in [5.74, 6) is 1.13. The molecule has 5 unspecified atom stereocenters. The number of fused-ring (bicyclic) bond motifs is 2. The monoisotopic (exact) mass is 308 g/mol. The highest BCUT2D eigenvalue weighted by atomic mass is 16.3. The van der Waals surface area contributed by atoms with E-state index in [9.17, 15) is 5.11 Å². The predicted molar refractivity (Wildman–Crippen MR) is 91.9 cm³/mol. The number of aliphatic hydroxyl groups excluding tert-OH is 1. The molecular weight excluding hydrogens is 272 g/mol. The first-order valence-electron chi connectivity index (χ1n) is 9.69. The van der Waals surface area contributed by atoms with Crippen LogP contribution in [0.2, 0.25) is 0 Å². The molecule has 2 aliphatic carbocycles. The summed E-state index contributed by atoms with van der Waals surface area (Å²) < 4.78 is 0. The van der Waals surface area contributed by atoms with E-state index in [1.165, 1.54) is 44.9 Å². The second kappa shape index (κ2) is 6.78. The molecule has 22 heavy (non-hydrogen) atoms. The van der Waals surface area contributed by atoms with Gasteiger partial charge in [0.15, 0.2) is 0 Å². The molecule has 1 heterocycles. The smallest absolute Gasteiger partial charge is 0.0603 e. The number of piperidine rings is 1. The van der Waals surface area contributed by atoms with Gasteiger partial charge in [0, 0.05) is 24.0 Å². The lowest BCUT2D eigenvalue weighted by atomic mass is 9.60. The zero-order chi connectivity index (χ0) is 15.7. The average molecular weight is 309 g/mol. The quantitative estimate of drug-likeness (QED) is 0.699. The van der Waals surface area contributed by atoms with Crippen LogP contribution in [0.4, 0.5) is 0 Å². The van der Waals surface area contributed by atoms with Crippen molar-refractivity contribution in [2.45, 2.75) is 96.4 Å². The summed E-state index contributed by atoms with van der Waals surface area (Å²) in [5, 5.41) is 18.7. The van der Waals surface area contributed by atoms with Gasteiger partial charge in [-0.3, -0.25) is 0 Å². The summed E-state index contributed by atoms with van der Waals surface area (Å²) in [7, 11) is 0. The second-order valence-corrected chi connectivity index (χ2v) is 8.88. The zero-order valence-corrected chi connectivity index (χ0v) is 14.8. The van der Waals surface area contributed by atoms with Crippen LogP contribution in [0.15, 0.2) is 0 Å². The normalized spacial score (nSPS) is 44.2. The minimum absolute atomic E-state index is 0.150. The van der Waals surface area contributed by atoms with E-state index >= 15 is 0 Å². The van der Waals surface area contributed by atoms with Crippen molar-refractivity contribution in [2.24, 2.45) is 17.3 Å². The molecule has 0 amide bonds. The maximum absolute atomic E-state index is 10.9. The fourth-order valence-corrected chi connectivity index (χ4v) is 5.53. The number of aliphatic hydroxyl groups is 1. The largest absolute Gasteiger partial charge is 0.393 e. The lowest BCUT2D eigenvalue weighted by molar-refractivity contribution is -0.0660. The van der Waals surface area contributed by atoms with Crippen LogP contribution in [0.5, 0.6) is 0 Å². The van der Waals surface area contributed by atoms with Gasteiger partial charge >= 0.3 is 0 Å². The average Bonchev–Trinajstić information content (AvgIpc) is 2.45. The molecule has 3 heteroatoms. The van der Waals surface area contributed by atoms with Gasteiger partial charge in [-0.25, -0.2) is 0 Å². The van der Waals surface area contributed by atoms with Crippen LogP contribution >= 0.6 is 0 Å². The van der Waals surface area contributed by atoms with Crippen LogP contribution in [-0.2, 0) is 0 Å². The summed E-state index contributed by atoms with van der Waals surface area (Å²) in [6, 6.07) is 1.70. The maximum atomic E-state index is 10.9. The van der Waals surface area contributed by atoms with Crippen molar-refractivity contribution in [1.29, 1.82) is 0 Å². The SMILES string of the molecule is CCCCNC1C2CCCCC2NC2CC(C)(C)C[C@@H](O)C21. The molecule has 128 valence electrons. The van der Waals surface area contributed by atoms with E-state index in [4.69, 9.17) is 0 Å². The Morgan fingerprint density at radius 3 is 2.68 bits per heavy atom. The number of unbranched alkanes of at least 4 members (excludes halogenated alkanes) is 1. The standard InChI is InChI=1S/C19H36N2O/c1-4-5-10-20-18-13-8-6-7-9-14(13)21-15-11-19(2,3)12-16(22)17(15)18/h13-18,20-22H,4-12H2,1-3H3/t13?,14?,15?,16-,17?,18?/m1/s1. The lowest BCUT2D eigenvalue weighted by Gasteiger charge is -2.56. The van der Waals surface area contributed by atoms with Crippen LogP contribution in [0, 0.1) is 17.3 Å². The minimum Gasteiger partial charge on any atom is -0.393 e. The van der Waals surface area contributed by atoms with E-state index in [1.807, 2.05) is 0 Å². The topological polar surface area (TPSA) is 44.3 Å². The Morgan fingerprint density at radius 2 is 1.91 bits per heavy atom. The third-order valence-corrected chi connectivity index (χ3v) is 6.48. The molecule has 0 aromatic carbocycles. The van der Waals surface area contributed by atoms with Crippen molar-refractivity contribution < 1.29 is 5.11 Å². The Labute approximate surface area is 136 Å². The first-order valence-corrected chi connectivity index (χ1v) is 9.69. The van der Waals surface area contributed by atoms with Crippen molar-refractivity contribution in [1.82, 2.24) is 10.6 Å². The molecule has 1 aliphatic heterocycles. The van der Waals surface area contributed by atoms with Gasteiger partial charge in [0.2, 0.25) is 0 Å². The minimum atomic E-state index is -0.150. The molecule has 0 radical (unpaired) electrons. The Balaban J connectivity index is 1.78. The summed E-state index contributed by atoms with van der Waals surface area (Å²) in [6.45, 7) is 8.01. The van der Waals surface area contributed by atoms with Gasteiger partial charge in [0.25, 0.3) is 0 Å². The summed E-state index contributed by atoms with van der Waals surface area (Å²) in [5.41, 5.74) is 0.267. The summed E-state index contributed by atoms with van der Waals surface area (Å²) in [6.07, 6.45) is 9.92. The molecule has 3 N–H and O–H groups in total. The van der Waals surface area contributed by atoms with Crippen LogP contribution in [0.25, 0.3) is 0 Å². The fourth-order valence-electron chi connectivity index (χ4n) is 5.53. The van der Waals surface area contributed by atoms with Crippen molar-refractivity contribution in [3.8, 4) is 0 Å². The third kappa shape index (κ3) is 3.37. The number of nitrogens with one attached hydrogen (secondary N) is 2. The highest BCUT2D eigenvalue weighted by molar-refractivity contribution is 5.08. The Hall–Kier alpha value is -0.120. The Bertz CT molecular complexity index is 370. The lowest BCUT2D eigenvalue weighted by Crippen LogP contribution is -2.68. The molecule has 3 fully saturated rings. The van der Waals surface area contributed by atoms with Gasteiger partial charge in [0.05, 0.1) is 6.10 Å². The van der Waals surface area contributed by atoms with Crippen molar-refractivity contribution >= 4 is 0 Å². The molecule has 0 aromatic heterocycles. The van der Waals surface area contributed by atoms with Crippen molar-refractivity contribution in [2.75, 3.05) is 6.54 Å². The first kappa shape index (κ1) is 16.7. The maximum Gasteiger partial charge on any atom is 0.0603 e. The number of hydrogen-bond acceptors (Lipinski definition) is 3. The van der Waals surface area contributed by atoms with E-state index in [2.05, 4.69) is 31.4 Å². The van der Waals surface area contributed by atoms with E-state index < -0.39 is 0 Å². The first-order chi connectivity index (χ1) is 10.5. The fraction of sp³-hybridized carbons (Fsp3) is 1.00. The molecule has 3 rings (SSSR count). The van der Waals surface area contributed by atoms with Crippen molar-refractivity contribution in [3.05, 3.63) is 0 Å². The molecular formula is C19H36N2O. The molecule has 0 spiro atoms. The number of hydrogen-bond donors (Lipinski definition) is 3. The molecule has 3 aliphatic rings. The Morgan fingerprint density at radius 1 is 1.14 bits per heavy atom. The van der Waals surface area contributed by atoms with Gasteiger partial charge < -0.3 is 15.7 Å². The third-order valence-electron chi connectivity index (χ3n) is 6.48. The van der Waals surface area contributed by atoms with Crippen LogP contribution in [0.3, 0.4) is 0 Å². The highest BCUT2D eigenvalue weighted by Gasteiger charge is 2.51. The van der Waals surface area contributed by atoms with Crippen LogP contribution < -0.4 is 10.6 Å². The molecule has 0 aromatic rings. The molecule has 1 saturated heterocycles. The molecule has 6 atom stereocenters. The second-order valence-electron chi connectivity index (χ2n) is 8.88.